The van der Waals surface area contributed by atoms with Gasteiger partial charge in [-0.15, -0.1) is 0 Å². The molecule has 4 rings (SSSR count). The summed E-state index contributed by atoms with van der Waals surface area (Å²) in [6.45, 7) is 3.48. The van der Waals surface area contributed by atoms with Gasteiger partial charge in [-0.3, -0.25) is 14.3 Å². The molecule has 0 fully saturated rings. The van der Waals surface area contributed by atoms with Gasteiger partial charge in [0.15, 0.2) is 17.5 Å². The van der Waals surface area contributed by atoms with E-state index in [0.29, 0.717) is 0 Å². The number of hydrogen-bond donors (Lipinski definition) is 4. The zero-order chi connectivity index (χ0) is 30.1. The van der Waals surface area contributed by atoms with E-state index in [4.69, 9.17) is 19.9 Å². The number of alkyl carbamates (subject to hydrolysis) is 1. The molecular weight excluding hydrogens is 544 g/mol. The fraction of sp³-hybridized carbons (Fsp3) is 0.345. The summed E-state index contributed by atoms with van der Waals surface area (Å²) in [6.07, 6.45) is -0.298. The molecule has 13 nitrogen and oxygen atoms in total. The third kappa shape index (κ3) is 7.50. The molecular formula is C29H34N6O7. The Morgan fingerprint density at radius 1 is 1.05 bits per heavy atom. The Kier molecular flexibility index (Phi) is 9.89. The number of carboxylic acids is 1. The second-order valence-electron chi connectivity index (χ2n) is 10.0. The summed E-state index contributed by atoms with van der Waals surface area (Å²) in [5, 5.41) is 12.9. The molecule has 0 radical (unpaired) electrons. The monoisotopic (exact) mass is 578 g/mol. The third-order valence-corrected chi connectivity index (χ3v) is 6.85. The second-order valence-corrected chi connectivity index (χ2v) is 10.0. The van der Waals surface area contributed by atoms with Gasteiger partial charge in [0.1, 0.15) is 18.9 Å². The van der Waals surface area contributed by atoms with Crippen LogP contribution in [0.1, 0.15) is 37.8 Å². The van der Waals surface area contributed by atoms with Gasteiger partial charge in [0.05, 0.1) is 12.9 Å². The zero-order valence-electron chi connectivity index (χ0n) is 23.4. The van der Waals surface area contributed by atoms with E-state index in [-0.39, 0.29) is 49.9 Å². The number of carbonyl (C=O) groups is 2. The van der Waals surface area contributed by atoms with Gasteiger partial charge in [0, 0.05) is 6.42 Å². The lowest BCUT2D eigenvalue weighted by molar-refractivity contribution is -0.176. The Hall–Kier alpha value is -4.75. The number of aliphatic carboxylic acids is 1. The van der Waals surface area contributed by atoms with Crippen LogP contribution in [-0.2, 0) is 38.9 Å². The maximum absolute atomic E-state index is 12.7. The Balaban J connectivity index is 1.49. The number of nitrogens with one attached hydrogen (secondary N) is 2. The number of aromatic amines is 1. The number of anilines is 1. The Labute approximate surface area is 241 Å². The number of nitrogens with two attached hydrogens (primary N) is 1. The van der Waals surface area contributed by atoms with E-state index in [1.807, 2.05) is 48.5 Å². The topological polar surface area (TPSA) is 184 Å². The number of rotatable bonds is 14. The van der Waals surface area contributed by atoms with Crippen molar-refractivity contribution in [3.8, 4) is 0 Å². The Bertz CT molecular complexity index is 1540. The Morgan fingerprint density at radius 2 is 1.69 bits per heavy atom. The number of nitrogens with zero attached hydrogens (tertiary/aromatic N) is 3. The molecule has 0 aliphatic rings. The molecule has 4 aromatic rings. The van der Waals surface area contributed by atoms with Crippen molar-refractivity contribution in [1.82, 2.24) is 24.8 Å². The van der Waals surface area contributed by atoms with Gasteiger partial charge < -0.3 is 30.4 Å². The van der Waals surface area contributed by atoms with Crippen molar-refractivity contribution in [2.24, 2.45) is 5.92 Å². The van der Waals surface area contributed by atoms with E-state index >= 15 is 0 Å². The standard InChI is InChI=1S/C29H34N6O7/c1-19(2)29(26(37)38,34-28(39)41-16-21-11-7-4-8-12-21)14-13-22(40-15-20-9-5-3-6-10-20)42-18-35-17-31-23-24(35)32-27(30)33-25(23)36/h3-12,17,19,22H,13-16,18H2,1-2H3,(H,34,39)(H,37,38)(H3,30,32,33,36)/t22?,29-/m0/s1. The minimum atomic E-state index is -1.67. The molecule has 1 unspecified atom stereocenters. The highest BCUT2D eigenvalue weighted by atomic mass is 16.7. The molecule has 2 aromatic heterocycles. The number of carbonyl (C=O) groups excluding carboxylic acids is 1. The number of nitrogen functional groups attached to an aromatic ring is 1. The predicted molar refractivity (Wildman–Crippen MR) is 153 cm³/mol. The van der Waals surface area contributed by atoms with Gasteiger partial charge >= 0.3 is 12.1 Å². The number of H-pyrrole nitrogens is 1. The molecule has 1 amide bonds. The third-order valence-electron chi connectivity index (χ3n) is 6.85. The lowest BCUT2D eigenvalue weighted by atomic mass is 9.82. The Morgan fingerprint density at radius 3 is 2.31 bits per heavy atom. The molecule has 2 heterocycles. The fourth-order valence-electron chi connectivity index (χ4n) is 4.40. The van der Waals surface area contributed by atoms with Crippen LogP contribution in [0.15, 0.2) is 71.8 Å². The van der Waals surface area contributed by atoms with Crippen molar-refractivity contribution in [3.63, 3.8) is 0 Å². The maximum Gasteiger partial charge on any atom is 0.408 e. The van der Waals surface area contributed by atoms with E-state index in [2.05, 4.69) is 20.3 Å². The summed E-state index contributed by atoms with van der Waals surface area (Å²) in [5.41, 5.74) is 5.51. The van der Waals surface area contributed by atoms with Crippen LogP contribution in [0.4, 0.5) is 10.7 Å². The number of carboxylic acid groups (broad SMARTS) is 1. The number of fused-ring (bicyclic) bond motifs is 1. The molecule has 2 atom stereocenters. The van der Waals surface area contributed by atoms with Crippen molar-refractivity contribution in [3.05, 3.63) is 88.5 Å². The van der Waals surface area contributed by atoms with Gasteiger partial charge in [-0.25, -0.2) is 14.6 Å². The smallest absolute Gasteiger partial charge is 0.408 e. The van der Waals surface area contributed by atoms with Crippen LogP contribution in [0.5, 0.6) is 0 Å². The minimum absolute atomic E-state index is 0.00730. The number of aromatic nitrogens is 4. The number of benzene rings is 2. The van der Waals surface area contributed by atoms with Gasteiger partial charge in [0.2, 0.25) is 5.95 Å². The first-order valence-electron chi connectivity index (χ1n) is 13.4. The van der Waals surface area contributed by atoms with E-state index in [1.165, 1.54) is 10.9 Å². The van der Waals surface area contributed by atoms with Gasteiger partial charge in [0.25, 0.3) is 5.56 Å². The highest BCUT2D eigenvalue weighted by molar-refractivity contribution is 5.84. The van der Waals surface area contributed by atoms with Crippen LogP contribution in [0.3, 0.4) is 0 Å². The molecule has 0 spiro atoms. The zero-order valence-corrected chi connectivity index (χ0v) is 23.4. The second kappa shape index (κ2) is 13.7. The highest BCUT2D eigenvalue weighted by Crippen LogP contribution is 2.27. The number of imidazole rings is 1. The quantitative estimate of drug-likeness (QED) is 0.162. The van der Waals surface area contributed by atoms with Crippen LogP contribution in [-0.4, -0.2) is 48.5 Å². The molecule has 0 aliphatic heterocycles. The molecule has 0 saturated carbocycles. The summed E-state index contributed by atoms with van der Waals surface area (Å²) in [6, 6.07) is 18.5. The van der Waals surface area contributed by atoms with Crippen LogP contribution in [0.25, 0.3) is 11.2 Å². The molecule has 0 aliphatic carbocycles. The van der Waals surface area contributed by atoms with Crippen LogP contribution in [0, 0.1) is 5.92 Å². The van der Waals surface area contributed by atoms with Crippen LogP contribution in [0.2, 0.25) is 0 Å². The average Bonchev–Trinajstić information content (AvgIpc) is 3.38. The summed E-state index contributed by atoms with van der Waals surface area (Å²) >= 11 is 0. The largest absolute Gasteiger partial charge is 0.479 e. The van der Waals surface area contributed by atoms with E-state index in [9.17, 15) is 19.5 Å². The van der Waals surface area contributed by atoms with E-state index in [0.717, 1.165) is 11.1 Å². The van der Waals surface area contributed by atoms with Crippen molar-refractivity contribution in [2.75, 3.05) is 5.73 Å². The summed E-state index contributed by atoms with van der Waals surface area (Å²) in [7, 11) is 0. The van der Waals surface area contributed by atoms with E-state index in [1.54, 1.807) is 26.0 Å². The van der Waals surface area contributed by atoms with Crippen molar-refractivity contribution >= 4 is 29.2 Å². The first-order valence-corrected chi connectivity index (χ1v) is 13.4. The van der Waals surface area contributed by atoms with Crippen LogP contribution < -0.4 is 16.6 Å². The van der Waals surface area contributed by atoms with Crippen LogP contribution >= 0.6 is 0 Å². The van der Waals surface area contributed by atoms with Crippen molar-refractivity contribution in [1.29, 1.82) is 0 Å². The lowest BCUT2D eigenvalue weighted by Crippen LogP contribution is -2.58. The fourth-order valence-corrected chi connectivity index (χ4v) is 4.40. The van der Waals surface area contributed by atoms with Gasteiger partial charge in [-0.1, -0.05) is 74.5 Å². The lowest BCUT2D eigenvalue weighted by Gasteiger charge is -2.35. The molecule has 42 heavy (non-hydrogen) atoms. The summed E-state index contributed by atoms with van der Waals surface area (Å²) in [4.78, 5) is 48.1. The molecule has 5 N–H and O–H groups in total. The molecule has 13 heteroatoms. The normalized spacial score (nSPS) is 13.5. The first-order chi connectivity index (χ1) is 20.2. The predicted octanol–water partition coefficient (Wildman–Crippen LogP) is 3.40. The maximum atomic E-state index is 12.7. The summed E-state index contributed by atoms with van der Waals surface area (Å²) in [5.74, 6) is -1.79. The highest BCUT2D eigenvalue weighted by Gasteiger charge is 2.44. The van der Waals surface area contributed by atoms with Gasteiger partial charge in [-0.2, -0.15) is 4.98 Å². The summed E-state index contributed by atoms with van der Waals surface area (Å²) < 4.78 is 18.9. The SMILES string of the molecule is CC(C)[C@](CCC(OCc1ccccc1)OCn1cnc2c(=O)[nH]c(N)nc21)(NC(=O)OCc1ccccc1)C(=O)O. The first kappa shape index (κ1) is 30.2. The molecule has 2 aromatic carbocycles. The molecule has 222 valence electrons. The van der Waals surface area contributed by atoms with Crippen molar-refractivity contribution in [2.45, 2.75) is 58.5 Å². The molecule has 0 saturated heterocycles. The number of amides is 1. The average molecular weight is 579 g/mol. The minimum Gasteiger partial charge on any atom is -0.479 e. The van der Waals surface area contributed by atoms with Gasteiger partial charge in [-0.05, 0) is 23.5 Å². The number of ether oxygens (including phenoxy) is 3. The van der Waals surface area contributed by atoms with Crippen molar-refractivity contribution < 1.29 is 28.9 Å². The van der Waals surface area contributed by atoms with E-state index < -0.39 is 35.4 Å². The molecule has 0 bridgehead atoms. The number of hydrogen-bond acceptors (Lipinski definition) is 9.